The summed E-state index contributed by atoms with van der Waals surface area (Å²) in [5, 5.41) is 0. The Morgan fingerprint density at radius 3 is 0.688 bits per heavy atom. The van der Waals surface area contributed by atoms with Crippen LogP contribution in [0.15, 0.2) is 0 Å². The van der Waals surface area contributed by atoms with E-state index in [0.717, 1.165) is 0 Å². The summed E-state index contributed by atoms with van der Waals surface area (Å²) in [6.07, 6.45) is 0. The molecule has 0 saturated carbocycles. The van der Waals surface area contributed by atoms with Gasteiger partial charge in [0.15, 0.2) is 0 Å². The van der Waals surface area contributed by atoms with Gasteiger partial charge in [0, 0.05) is 0 Å². The number of hydrogen-bond donors (Lipinski definition) is 0. The minimum Gasteiger partial charge on any atom is -0.863 e. The molecule has 80 valence electrons. The minimum absolute atomic E-state index is 0. The number of rotatable bonds is 2. The van der Waals surface area contributed by atoms with Crippen LogP contribution in [0.3, 0.4) is 0 Å². The van der Waals surface area contributed by atoms with Crippen molar-refractivity contribution in [3.63, 3.8) is 0 Å². The van der Waals surface area contributed by atoms with Gasteiger partial charge < -0.3 is 41.2 Å². The summed E-state index contributed by atoms with van der Waals surface area (Å²) >= 11 is -0.0556. The molecule has 0 bridgehead atoms. The van der Waals surface area contributed by atoms with Gasteiger partial charge in [0.1, 0.15) is 0 Å². The van der Waals surface area contributed by atoms with Crippen LogP contribution in [0.5, 0.6) is 0 Å². The predicted molar refractivity (Wildman–Crippen MR) is 51.6 cm³/mol. The van der Waals surface area contributed by atoms with E-state index in [1.54, 1.807) is 0 Å². The Morgan fingerprint density at radius 2 is 0.688 bits per heavy atom. The molecular formula is H6Al2Ca3O9Si2. The molecule has 16 heteroatoms. The molecule has 0 spiro atoms. The Morgan fingerprint density at radius 1 is 0.625 bits per heavy atom. The Kier molecular flexibility index (Phi) is 46.4. The molecule has 0 fully saturated rings. The number of hydrogen-bond acceptors (Lipinski definition) is 8. The summed E-state index contributed by atoms with van der Waals surface area (Å²) in [5.74, 6) is 0. The summed E-state index contributed by atoms with van der Waals surface area (Å²) in [4.78, 5) is 55.9. The van der Waals surface area contributed by atoms with Crippen molar-refractivity contribution in [2.75, 3.05) is 0 Å². The van der Waals surface area contributed by atoms with Crippen molar-refractivity contribution >= 4 is 165 Å². The minimum atomic E-state index is -4.82. The molecule has 0 aromatic heterocycles. The third kappa shape index (κ3) is 51.0. The maximum absolute atomic E-state index is 9.31. The van der Waals surface area contributed by atoms with E-state index in [4.69, 9.17) is 0 Å². The predicted octanol–water partition coefficient (Wildman–Crippen LogP) is -11.8. The van der Waals surface area contributed by atoms with Gasteiger partial charge in [-0.25, -0.2) is 0 Å². The molecule has 0 saturated heterocycles. The molecule has 9 nitrogen and oxygen atoms in total. The van der Waals surface area contributed by atoms with E-state index in [1.807, 2.05) is 0 Å². The monoisotopic (exact) mass is 380 g/mol. The average Bonchev–Trinajstić information content (AvgIpc) is 1.86. The maximum Gasteiger partial charge on any atom is 2.00 e. The quantitative estimate of drug-likeness (QED) is 0.422. The van der Waals surface area contributed by atoms with Crippen LogP contribution in [0, 0.1) is 0 Å². The Hall–Kier alpha value is 4.92. The van der Waals surface area contributed by atoms with Crippen molar-refractivity contribution in [3.8, 4) is 0 Å². The van der Waals surface area contributed by atoms with E-state index < -0.39 is 18.1 Å². The van der Waals surface area contributed by atoms with Gasteiger partial charge in [-0.15, -0.1) is 0 Å². The van der Waals surface area contributed by atoms with Crippen LogP contribution >= 0.6 is 0 Å². The molecule has 0 rings (SSSR count). The molecular weight excluding hydrogens is 374 g/mol. The summed E-state index contributed by atoms with van der Waals surface area (Å²) < 4.78 is 7.10. The van der Waals surface area contributed by atoms with Crippen molar-refractivity contribution in [1.82, 2.24) is 0 Å². The van der Waals surface area contributed by atoms with Gasteiger partial charge in [-0.3, -0.25) is 0 Å². The topological polar surface area (TPSA) is 188 Å². The Balaban J connectivity index is -0.0000000250. The fraction of sp³-hybridized carbons (Fsp3) is 0. The van der Waals surface area contributed by atoms with E-state index in [0.29, 0.717) is 0 Å². The molecule has 0 aliphatic heterocycles. The van der Waals surface area contributed by atoms with Gasteiger partial charge in [0.2, 0.25) is 0 Å². The van der Waals surface area contributed by atoms with Crippen molar-refractivity contribution in [1.29, 1.82) is 0 Å². The van der Waals surface area contributed by atoms with Crippen LogP contribution in [0.4, 0.5) is 0 Å². The standard InChI is InChI=1S/2Al.3Ca.2O4Si.H2O.4H/c;;;;;2*1-5(2,3)4;;;;;/h;;;;;;;1H2;;;;/q2*+1;3*+2;2*-4;;;;;. The second kappa shape index (κ2) is 19.9. The first-order valence-corrected chi connectivity index (χ1v) is 7.35. The van der Waals surface area contributed by atoms with E-state index in [1.165, 1.54) is 0 Å². The fourth-order valence-corrected chi connectivity index (χ4v) is 0. The fourth-order valence-electron chi connectivity index (χ4n) is 0. The smallest absolute Gasteiger partial charge is 0.863 e. The van der Waals surface area contributed by atoms with E-state index in [-0.39, 0.29) is 152 Å². The molecule has 0 radical (unpaired) electrons. The molecule has 0 aromatic carbocycles. The molecule has 0 aliphatic carbocycles. The zero-order chi connectivity index (χ0) is 10.4. The molecule has 16 heavy (non-hydrogen) atoms. The first-order chi connectivity index (χ1) is 5.12. The average molecular weight is 380 g/mol. The van der Waals surface area contributed by atoms with E-state index in [9.17, 15) is 28.8 Å². The van der Waals surface area contributed by atoms with Crippen LogP contribution in [-0.2, 0) is 6.96 Å². The van der Waals surface area contributed by atoms with Gasteiger partial charge in [-0.2, -0.15) is 18.1 Å². The molecule has 0 heterocycles. The maximum atomic E-state index is 9.31. The second-order valence-corrected chi connectivity index (χ2v) is 6.67. The normalized spacial score (nSPS) is 8.88. The van der Waals surface area contributed by atoms with Crippen molar-refractivity contribution in [3.05, 3.63) is 0 Å². The molecule has 0 aromatic rings. The van der Waals surface area contributed by atoms with Crippen LogP contribution < -0.4 is 28.8 Å². The summed E-state index contributed by atoms with van der Waals surface area (Å²) in [6, 6.07) is 0. The van der Waals surface area contributed by atoms with Crippen molar-refractivity contribution in [2.24, 2.45) is 0 Å². The van der Waals surface area contributed by atoms with E-state index in [2.05, 4.69) is 6.96 Å². The van der Waals surface area contributed by atoms with Gasteiger partial charge in [-0.05, 0) is 0 Å². The molecule has 0 atom stereocenters. The van der Waals surface area contributed by atoms with Gasteiger partial charge in [-0.1, -0.05) is 0 Å². The van der Waals surface area contributed by atoms with Crippen LogP contribution in [0.2, 0.25) is 0 Å². The zero-order valence-corrected chi connectivity index (χ0v) is 21.5. The first kappa shape index (κ1) is 37.3. The largest absolute Gasteiger partial charge is 2.00 e. The van der Waals surface area contributed by atoms with Gasteiger partial charge in [0.05, 0.1) is 0 Å². The van der Waals surface area contributed by atoms with Crippen molar-refractivity contribution in [2.45, 2.75) is 0 Å². The summed E-state index contributed by atoms with van der Waals surface area (Å²) in [6.45, 7) is 0. The SMILES string of the molecule is O.[Ca+2].[Ca+2].[Ca+2].[O-][Si]([O-])([O-])[O][AlH2].[O-][Si]([O-])([O-])[O][AlH2]. The van der Waals surface area contributed by atoms with Gasteiger partial charge in [0.25, 0.3) is 0 Å². The Bertz CT molecular complexity index is 100. The first-order valence-electron chi connectivity index (χ1n) is 2.45. The molecule has 0 unspecified atom stereocenters. The summed E-state index contributed by atoms with van der Waals surface area (Å²) in [7, 11) is -9.64. The molecule has 2 N–H and O–H groups in total. The Labute approximate surface area is 201 Å². The van der Waals surface area contributed by atoms with Crippen LogP contribution in [-0.4, -0.2) is 170 Å². The van der Waals surface area contributed by atoms with E-state index >= 15 is 0 Å². The summed E-state index contributed by atoms with van der Waals surface area (Å²) in [5.41, 5.74) is 0. The third-order valence-electron chi connectivity index (χ3n) is 0.500. The molecule has 0 aliphatic rings. The zero-order valence-electron chi connectivity index (χ0n) is 8.89. The van der Waals surface area contributed by atoms with Crippen molar-refractivity contribution < 1.29 is 41.2 Å². The van der Waals surface area contributed by atoms with Crippen LogP contribution in [0.25, 0.3) is 0 Å². The van der Waals surface area contributed by atoms with Crippen LogP contribution in [0.1, 0.15) is 0 Å². The van der Waals surface area contributed by atoms with Gasteiger partial charge >= 0.3 is 146 Å². The molecule has 0 amide bonds. The second-order valence-electron chi connectivity index (χ2n) is 1.41. The third-order valence-corrected chi connectivity index (χ3v) is 4.50.